The lowest BCUT2D eigenvalue weighted by Gasteiger charge is -2.17. The Bertz CT molecular complexity index is 1420. The van der Waals surface area contributed by atoms with Crippen molar-refractivity contribution in [1.29, 1.82) is 5.41 Å². The number of nitrogens with one attached hydrogen (secondary N) is 2. The summed E-state index contributed by atoms with van der Waals surface area (Å²) in [7, 11) is 0. The number of ether oxygens (including phenoxy) is 1. The van der Waals surface area contributed by atoms with Gasteiger partial charge in [0.2, 0.25) is 0 Å². The Kier molecular flexibility index (Phi) is 8.81. The molecule has 0 saturated heterocycles. The van der Waals surface area contributed by atoms with Gasteiger partial charge in [0.1, 0.15) is 23.2 Å². The predicted molar refractivity (Wildman–Crippen MR) is 134 cm³/mol. The maximum absolute atomic E-state index is 15.0. The topological polar surface area (TPSA) is 173 Å². The number of nitrogen functional groups attached to an aromatic ring is 1. The Labute approximate surface area is 211 Å². The molecule has 1 unspecified atom stereocenters. The number of rotatable bonds is 8. The van der Waals surface area contributed by atoms with Crippen LogP contribution in [-0.4, -0.2) is 48.3 Å². The van der Waals surface area contributed by atoms with E-state index in [2.05, 4.69) is 20.1 Å². The molecule has 11 nitrogen and oxygen atoms in total. The van der Waals surface area contributed by atoms with E-state index in [0.29, 0.717) is 29.9 Å². The molecule has 0 saturated carbocycles. The van der Waals surface area contributed by atoms with Crippen LogP contribution in [0.1, 0.15) is 42.3 Å². The van der Waals surface area contributed by atoms with Crippen LogP contribution in [0.3, 0.4) is 0 Å². The summed E-state index contributed by atoms with van der Waals surface area (Å²) in [5.74, 6) is -1.08. The number of amidine groups is 1. The maximum atomic E-state index is 15.0. The Morgan fingerprint density at radius 3 is 2.46 bits per heavy atom. The number of carboxylic acid groups (broad SMARTS) is 1. The van der Waals surface area contributed by atoms with Crippen LogP contribution < -0.4 is 16.2 Å². The highest BCUT2D eigenvalue weighted by Crippen LogP contribution is 2.31. The van der Waals surface area contributed by atoms with Crippen molar-refractivity contribution in [3.63, 3.8) is 0 Å². The van der Waals surface area contributed by atoms with Crippen molar-refractivity contribution < 1.29 is 19.0 Å². The molecule has 0 aliphatic rings. The van der Waals surface area contributed by atoms with Gasteiger partial charge in [-0.1, -0.05) is 24.3 Å². The number of halogens is 1. The van der Waals surface area contributed by atoms with Gasteiger partial charge < -0.3 is 15.6 Å². The molecule has 0 aliphatic carbocycles. The summed E-state index contributed by atoms with van der Waals surface area (Å²) >= 11 is 0. The van der Waals surface area contributed by atoms with Crippen molar-refractivity contribution >= 4 is 11.8 Å². The van der Waals surface area contributed by atoms with Crippen molar-refractivity contribution in [2.24, 2.45) is 5.73 Å². The first-order chi connectivity index (χ1) is 17.7. The van der Waals surface area contributed by atoms with Gasteiger partial charge in [-0.15, -0.1) is 9.78 Å². The molecule has 37 heavy (non-hydrogen) atoms. The average molecular weight is 508 g/mol. The monoisotopic (exact) mass is 507 g/mol. The van der Waals surface area contributed by atoms with Crippen molar-refractivity contribution in [2.75, 3.05) is 6.61 Å². The van der Waals surface area contributed by atoms with E-state index in [0.717, 1.165) is 17.2 Å². The first kappa shape index (κ1) is 26.7. The van der Waals surface area contributed by atoms with Gasteiger partial charge in [0.15, 0.2) is 0 Å². The highest BCUT2D eigenvalue weighted by Gasteiger charge is 2.25. The number of carboxylic acids is 1. The predicted octanol–water partition coefficient (Wildman–Crippen LogP) is 2.64. The number of H-pyrrole nitrogens is 1. The second kappa shape index (κ2) is 12.2. The number of benzene rings is 2. The molecule has 12 heteroatoms. The van der Waals surface area contributed by atoms with Gasteiger partial charge in [0.05, 0.1) is 12.5 Å². The molecule has 0 bridgehead atoms. The van der Waals surface area contributed by atoms with Gasteiger partial charge in [-0.3, -0.25) is 15.2 Å². The largest absolute Gasteiger partial charge is 0.494 e. The third-order valence-corrected chi connectivity index (χ3v) is 5.07. The van der Waals surface area contributed by atoms with Crippen LogP contribution in [0, 0.1) is 11.2 Å². The molecule has 0 amide bonds. The van der Waals surface area contributed by atoms with E-state index < -0.39 is 23.4 Å². The molecule has 4 aromatic rings. The lowest BCUT2D eigenvalue weighted by molar-refractivity contribution is -0.134. The Morgan fingerprint density at radius 2 is 1.86 bits per heavy atom. The van der Waals surface area contributed by atoms with Crippen molar-refractivity contribution in [3.8, 4) is 11.7 Å². The summed E-state index contributed by atoms with van der Waals surface area (Å²) in [6, 6.07) is 13.2. The fourth-order valence-electron chi connectivity index (χ4n) is 3.49. The molecule has 2 aromatic carbocycles. The third kappa shape index (κ3) is 7.07. The standard InChI is InChI=1S/C23H22FN7O2.C2H4O2/c1-2-33-16-8-9-19(24)17(13-16)18(12-14-4-6-15(7-5-14)20(25)26)21-29-23(32)31(30-21)22-27-10-3-11-28-22;1-2(3)4/h3-11,13,18H,2,12H2,1H3,(H3,25,26)(H,29,30,32);1H3,(H,3,4). The molecule has 2 aromatic heterocycles. The highest BCUT2D eigenvalue weighted by molar-refractivity contribution is 5.94. The summed E-state index contributed by atoms with van der Waals surface area (Å²) in [6.45, 7) is 3.36. The summed E-state index contributed by atoms with van der Waals surface area (Å²) < 4.78 is 21.6. The molecule has 0 spiro atoms. The smallest absolute Gasteiger partial charge is 0.350 e. The van der Waals surface area contributed by atoms with E-state index in [1.807, 2.05) is 19.1 Å². The lowest BCUT2D eigenvalue weighted by Crippen LogP contribution is -2.18. The number of aromatic nitrogens is 5. The third-order valence-electron chi connectivity index (χ3n) is 5.07. The molecule has 4 rings (SSSR count). The minimum absolute atomic E-state index is 0.0421. The summed E-state index contributed by atoms with van der Waals surface area (Å²) in [5.41, 5.74) is 6.76. The van der Waals surface area contributed by atoms with Gasteiger partial charge in [0, 0.05) is 30.4 Å². The quantitative estimate of drug-likeness (QED) is 0.208. The van der Waals surface area contributed by atoms with Gasteiger partial charge in [-0.05, 0) is 43.2 Å². The number of nitrogens with two attached hydrogens (primary N) is 1. The van der Waals surface area contributed by atoms with Crippen molar-refractivity contribution in [1.82, 2.24) is 24.7 Å². The number of aliphatic carboxylic acids is 1. The SMILES string of the molecule is CC(=O)O.CCOc1ccc(F)c(C(Cc2ccc(C(=N)N)cc2)c2nn(-c3ncccn3)c(=O)[nH]2)c1. The van der Waals surface area contributed by atoms with Crippen molar-refractivity contribution in [3.05, 3.63) is 99.7 Å². The van der Waals surface area contributed by atoms with E-state index in [9.17, 15) is 9.18 Å². The van der Waals surface area contributed by atoms with Gasteiger partial charge >= 0.3 is 5.69 Å². The Morgan fingerprint density at radius 1 is 1.22 bits per heavy atom. The van der Waals surface area contributed by atoms with Crippen LogP contribution in [0.15, 0.2) is 65.7 Å². The summed E-state index contributed by atoms with van der Waals surface area (Å²) in [4.78, 5) is 32.5. The average Bonchev–Trinajstić information content (AvgIpc) is 3.26. The van der Waals surface area contributed by atoms with Crippen LogP contribution >= 0.6 is 0 Å². The minimum atomic E-state index is -0.833. The van der Waals surface area contributed by atoms with Gasteiger partial charge in [-0.2, -0.15) is 0 Å². The molecule has 0 fully saturated rings. The molecule has 1 atom stereocenters. The number of hydrogen-bond donors (Lipinski definition) is 4. The van der Waals surface area contributed by atoms with E-state index in [4.69, 9.17) is 25.8 Å². The number of aromatic amines is 1. The normalized spacial score (nSPS) is 11.2. The van der Waals surface area contributed by atoms with E-state index in [1.165, 1.54) is 18.5 Å². The second-order valence-electron chi connectivity index (χ2n) is 7.78. The van der Waals surface area contributed by atoms with Gasteiger partial charge in [0.25, 0.3) is 11.9 Å². The lowest BCUT2D eigenvalue weighted by atomic mass is 9.90. The van der Waals surface area contributed by atoms with Crippen molar-refractivity contribution in [2.45, 2.75) is 26.2 Å². The maximum Gasteiger partial charge on any atom is 0.350 e. The Balaban J connectivity index is 0.000000886. The molecule has 192 valence electrons. The van der Waals surface area contributed by atoms with Gasteiger partial charge in [-0.25, -0.2) is 19.2 Å². The van der Waals surface area contributed by atoms with E-state index in [-0.39, 0.29) is 17.6 Å². The summed E-state index contributed by atoms with van der Waals surface area (Å²) in [5, 5.41) is 19.4. The summed E-state index contributed by atoms with van der Waals surface area (Å²) in [6.07, 6.45) is 3.33. The molecular formula is C25H26FN7O4. The molecule has 2 heterocycles. The zero-order valence-electron chi connectivity index (χ0n) is 20.2. The van der Waals surface area contributed by atoms with Crippen LogP contribution in [0.25, 0.3) is 5.95 Å². The minimum Gasteiger partial charge on any atom is -0.494 e. The van der Waals surface area contributed by atoms with E-state index in [1.54, 1.807) is 30.3 Å². The zero-order chi connectivity index (χ0) is 26.9. The highest BCUT2D eigenvalue weighted by atomic mass is 19.1. The van der Waals surface area contributed by atoms with Crippen LogP contribution in [0.4, 0.5) is 4.39 Å². The first-order valence-corrected chi connectivity index (χ1v) is 11.2. The van der Waals surface area contributed by atoms with Crippen LogP contribution in [0.2, 0.25) is 0 Å². The fourth-order valence-corrected chi connectivity index (χ4v) is 3.49. The Hall–Kier alpha value is -4.87. The number of carbonyl (C=O) groups is 1. The second-order valence-corrected chi connectivity index (χ2v) is 7.78. The van der Waals surface area contributed by atoms with Crippen LogP contribution in [0.5, 0.6) is 5.75 Å². The zero-order valence-corrected chi connectivity index (χ0v) is 20.2. The van der Waals surface area contributed by atoms with Crippen LogP contribution in [-0.2, 0) is 11.2 Å². The molecule has 0 aliphatic heterocycles. The fraction of sp³-hybridized carbons (Fsp3) is 0.200. The molecular weight excluding hydrogens is 481 g/mol. The number of hydrogen-bond acceptors (Lipinski definition) is 7. The molecule has 5 N–H and O–H groups in total. The molecule has 0 radical (unpaired) electrons. The first-order valence-electron chi connectivity index (χ1n) is 11.2. The van der Waals surface area contributed by atoms with E-state index >= 15 is 0 Å². The number of nitrogens with zero attached hydrogens (tertiary/aromatic N) is 4.